The molecule has 0 radical (unpaired) electrons. The molecule has 4 heteroatoms. The van der Waals surface area contributed by atoms with Crippen molar-refractivity contribution in [3.8, 4) is 0 Å². The molecule has 100 valence electrons. The van der Waals surface area contributed by atoms with Crippen LogP contribution < -0.4 is 5.32 Å². The molecule has 1 heterocycles. The molecule has 19 heavy (non-hydrogen) atoms. The summed E-state index contributed by atoms with van der Waals surface area (Å²) >= 11 is 0. The molecule has 0 spiro atoms. The predicted octanol–water partition coefficient (Wildman–Crippen LogP) is 3.75. The highest BCUT2D eigenvalue weighted by atomic mass is 19.1. The van der Waals surface area contributed by atoms with Crippen LogP contribution in [0.1, 0.15) is 37.3 Å². The second-order valence-corrected chi connectivity index (χ2v) is 5.08. The third-order valence-electron chi connectivity index (χ3n) is 3.75. The summed E-state index contributed by atoms with van der Waals surface area (Å²) in [6.07, 6.45) is 8.97. The van der Waals surface area contributed by atoms with Crippen LogP contribution in [-0.4, -0.2) is 9.55 Å². The number of nitrogens with one attached hydrogen (secondary N) is 1. The first kappa shape index (κ1) is 12.2. The van der Waals surface area contributed by atoms with E-state index in [4.69, 9.17) is 0 Å². The molecule has 1 N–H and O–H groups in total. The summed E-state index contributed by atoms with van der Waals surface area (Å²) in [6.45, 7) is 0.671. The van der Waals surface area contributed by atoms with E-state index in [0.717, 1.165) is 11.5 Å². The maximum atomic E-state index is 12.8. The van der Waals surface area contributed by atoms with Crippen LogP contribution in [0.15, 0.2) is 36.7 Å². The van der Waals surface area contributed by atoms with E-state index in [9.17, 15) is 4.39 Å². The molecule has 1 saturated carbocycles. The molecule has 1 aromatic heterocycles. The lowest BCUT2D eigenvalue weighted by Gasteiger charge is -2.15. The van der Waals surface area contributed by atoms with Crippen LogP contribution in [0, 0.1) is 5.82 Å². The van der Waals surface area contributed by atoms with Crippen molar-refractivity contribution in [2.75, 3.05) is 5.32 Å². The summed E-state index contributed by atoms with van der Waals surface area (Å²) in [4.78, 5) is 4.37. The molecule has 1 aliphatic carbocycles. The smallest absolute Gasteiger partial charge is 0.203 e. The van der Waals surface area contributed by atoms with Crippen LogP contribution in [0.25, 0.3) is 0 Å². The minimum atomic E-state index is -0.198. The highest BCUT2D eigenvalue weighted by Gasteiger charge is 2.18. The Morgan fingerprint density at radius 3 is 2.68 bits per heavy atom. The van der Waals surface area contributed by atoms with Crippen molar-refractivity contribution in [1.29, 1.82) is 0 Å². The number of hydrogen-bond donors (Lipinski definition) is 1. The van der Waals surface area contributed by atoms with Gasteiger partial charge in [-0.1, -0.05) is 25.0 Å². The van der Waals surface area contributed by atoms with Gasteiger partial charge in [0.1, 0.15) is 5.82 Å². The van der Waals surface area contributed by atoms with E-state index in [1.807, 2.05) is 12.4 Å². The fourth-order valence-corrected chi connectivity index (χ4v) is 2.71. The van der Waals surface area contributed by atoms with E-state index in [1.54, 1.807) is 12.1 Å². The normalized spacial score (nSPS) is 15.8. The van der Waals surface area contributed by atoms with Crippen molar-refractivity contribution < 1.29 is 4.39 Å². The molecule has 1 aromatic carbocycles. The van der Waals surface area contributed by atoms with E-state index >= 15 is 0 Å². The number of aromatic nitrogens is 2. The van der Waals surface area contributed by atoms with E-state index < -0.39 is 0 Å². The third-order valence-corrected chi connectivity index (χ3v) is 3.75. The van der Waals surface area contributed by atoms with Gasteiger partial charge in [-0.05, 0) is 30.5 Å². The summed E-state index contributed by atoms with van der Waals surface area (Å²) in [5.74, 6) is 0.715. The highest BCUT2D eigenvalue weighted by Crippen LogP contribution is 2.31. The van der Waals surface area contributed by atoms with Gasteiger partial charge in [-0.3, -0.25) is 0 Å². The zero-order chi connectivity index (χ0) is 13.1. The van der Waals surface area contributed by atoms with E-state index in [2.05, 4.69) is 14.9 Å². The maximum Gasteiger partial charge on any atom is 0.203 e. The Kier molecular flexibility index (Phi) is 3.49. The zero-order valence-corrected chi connectivity index (χ0v) is 10.8. The molecule has 3 nitrogen and oxygen atoms in total. The molecular formula is C15H18FN3. The minimum absolute atomic E-state index is 0.198. The second-order valence-electron chi connectivity index (χ2n) is 5.08. The van der Waals surface area contributed by atoms with Crippen LogP contribution in [-0.2, 0) is 6.54 Å². The SMILES string of the molecule is Fc1ccc(CNc2nccn2C2CCCC2)cc1. The molecule has 0 aliphatic heterocycles. The van der Waals surface area contributed by atoms with Crippen molar-refractivity contribution in [2.45, 2.75) is 38.3 Å². The molecule has 0 unspecified atom stereocenters. The summed E-state index contributed by atoms with van der Waals surface area (Å²) in [5.41, 5.74) is 1.06. The molecule has 3 rings (SSSR count). The van der Waals surface area contributed by atoms with Gasteiger partial charge in [-0.15, -0.1) is 0 Å². The lowest BCUT2D eigenvalue weighted by molar-refractivity contribution is 0.523. The Balaban J connectivity index is 1.66. The Bertz CT molecular complexity index is 527. The molecule has 0 saturated heterocycles. The number of rotatable bonds is 4. The highest BCUT2D eigenvalue weighted by molar-refractivity contribution is 5.29. The first-order chi connectivity index (χ1) is 9.33. The van der Waals surface area contributed by atoms with Crippen LogP contribution in [0.5, 0.6) is 0 Å². The standard InChI is InChI=1S/C15H18FN3/c16-13-7-5-12(6-8-13)11-18-15-17-9-10-19(15)14-3-1-2-4-14/h5-10,14H,1-4,11H2,(H,17,18). The number of halogens is 1. The van der Waals surface area contributed by atoms with Crippen LogP contribution in [0.4, 0.5) is 10.3 Å². The fraction of sp³-hybridized carbons (Fsp3) is 0.400. The van der Waals surface area contributed by atoms with Gasteiger partial charge in [0.25, 0.3) is 0 Å². The van der Waals surface area contributed by atoms with Crippen molar-refractivity contribution in [3.05, 3.63) is 48.0 Å². The largest absolute Gasteiger partial charge is 0.352 e. The Hall–Kier alpha value is -1.84. The molecule has 1 aliphatic rings. The van der Waals surface area contributed by atoms with E-state index in [1.165, 1.54) is 37.8 Å². The summed E-state index contributed by atoms with van der Waals surface area (Å²) in [7, 11) is 0. The summed E-state index contributed by atoms with van der Waals surface area (Å²) in [6, 6.07) is 7.15. The summed E-state index contributed by atoms with van der Waals surface area (Å²) < 4.78 is 15.1. The van der Waals surface area contributed by atoms with Gasteiger partial charge in [0.2, 0.25) is 5.95 Å². The quantitative estimate of drug-likeness (QED) is 0.906. The number of imidazole rings is 1. The lowest BCUT2D eigenvalue weighted by atomic mass is 10.2. The van der Waals surface area contributed by atoms with Crippen LogP contribution in [0.3, 0.4) is 0 Å². The Morgan fingerprint density at radius 1 is 1.21 bits per heavy atom. The number of anilines is 1. The number of hydrogen-bond acceptors (Lipinski definition) is 2. The fourth-order valence-electron chi connectivity index (χ4n) is 2.71. The van der Waals surface area contributed by atoms with Gasteiger partial charge in [0.05, 0.1) is 0 Å². The predicted molar refractivity (Wildman–Crippen MR) is 73.5 cm³/mol. The minimum Gasteiger partial charge on any atom is -0.352 e. The first-order valence-electron chi connectivity index (χ1n) is 6.84. The van der Waals surface area contributed by atoms with Gasteiger partial charge in [-0.2, -0.15) is 0 Å². The van der Waals surface area contributed by atoms with E-state index in [0.29, 0.717) is 12.6 Å². The average molecular weight is 259 g/mol. The molecule has 0 atom stereocenters. The molecule has 0 bridgehead atoms. The average Bonchev–Trinajstić information content (AvgIpc) is 3.08. The zero-order valence-electron chi connectivity index (χ0n) is 10.8. The number of benzene rings is 1. The monoisotopic (exact) mass is 259 g/mol. The first-order valence-corrected chi connectivity index (χ1v) is 6.84. The van der Waals surface area contributed by atoms with Crippen molar-refractivity contribution in [2.24, 2.45) is 0 Å². The van der Waals surface area contributed by atoms with Gasteiger partial charge in [0.15, 0.2) is 0 Å². The van der Waals surface area contributed by atoms with Crippen molar-refractivity contribution >= 4 is 5.95 Å². The van der Waals surface area contributed by atoms with Gasteiger partial charge >= 0.3 is 0 Å². The third kappa shape index (κ3) is 2.78. The Labute approximate surface area is 112 Å². The van der Waals surface area contributed by atoms with Crippen LogP contribution >= 0.6 is 0 Å². The second kappa shape index (κ2) is 5.43. The molecule has 0 amide bonds. The molecular weight excluding hydrogens is 241 g/mol. The van der Waals surface area contributed by atoms with Crippen molar-refractivity contribution in [1.82, 2.24) is 9.55 Å². The van der Waals surface area contributed by atoms with Gasteiger partial charge < -0.3 is 9.88 Å². The molecule has 2 aromatic rings. The topological polar surface area (TPSA) is 29.9 Å². The van der Waals surface area contributed by atoms with Gasteiger partial charge in [-0.25, -0.2) is 9.37 Å². The molecule has 1 fully saturated rings. The van der Waals surface area contributed by atoms with E-state index in [-0.39, 0.29) is 5.82 Å². The lowest BCUT2D eigenvalue weighted by Crippen LogP contribution is -2.10. The van der Waals surface area contributed by atoms with Crippen LogP contribution in [0.2, 0.25) is 0 Å². The maximum absolute atomic E-state index is 12.8. The number of nitrogens with zero attached hydrogens (tertiary/aromatic N) is 2. The van der Waals surface area contributed by atoms with Crippen molar-refractivity contribution in [3.63, 3.8) is 0 Å². The Morgan fingerprint density at radius 2 is 1.95 bits per heavy atom. The van der Waals surface area contributed by atoms with Gasteiger partial charge in [0, 0.05) is 25.0 Å². The summed E-state index contributed by atoms with van der Waals surface area (Å²) in [5, 5.41) is 3.34.